The van der Waals surface area contributed by atoms with E-state index >= 15 is 0 Å². The molecule has 0 aliphatic carbocycles. The fourth-order valence-corrected chi connectivity index (χ4v) is 2.57. The van der Waals surface area contributed by atoms with Gasteiger partial charge in [0.1, 0.15) is 5.82 Å². The van der Waals surface area contributed by atoms with Gasteiger partial charge in [0.25, 0.3) is 0 Å². The highest BCUT2D eigenvalue weighted by Gasteiger charge is 2.12. The van der Waals surface area contributed by atoms with Crippen LogP contribution < -0.4 is 5.32 Å². The van der Waals surface area contributed by atoms with E-state index in [1.54, 1.807) is 6.92 Å². The Morgan fingerprint density at radius 2 is 2.22 bits per heavy atom. The maximum Gasteiger partial charge on any atom is 0.188 e. The van der Waals surface area contributed by atoms with Crippen LogP contribution in [0.25, 0.3) is 0 Å². The van der Waals surface area contributed by atoms with Crippen molar-refractivity contribution in [3.63, 3.8) is 0 Å². The predicted molar refractivity (Wildman–Crippen MR) is 71.5 cm³/mol. The van der Waals surface area contributed by atoms with Gasteiger partial charge < -0.3 is 5.32 Å². The van der Waals surface area contributed by atoms with Gasteiger partial charge in [0.05, 0.1) is 21.3 Å². The summed E-state index contributed by atoms with van der Waals surface area (Å²) in [4.78, 5) is 16.1. The number of Topliss-reactive ketones (excluding diaryl/α,β-unsaturated/α-hetero) is 1. The van der Waals surface area contributed by atoms with Crippen molar-refractivity contribution in [1.82, 2.24) is 4.98 Å². The number of nitrogens with one attached hydrogen (secondary N) is 1. The molecule has 1 N–H and O–H groups in total. The Hall–Kier alpha value is -1.46. The molecule has 0 unspecified atom stereocenters. The fraction of sp³-hybridized carbons (Fsp3) is 0.167. The molecule has 0 fully saturated rings. The molecule has 94 valence electrons. The molecule has 18 heavy (non-hydrogen) atoms. The zero-order valence-electron chi connectivity index (χ0n) is 9.75. The van der Waals surface area contributed by atoms with E-state index in [1.165, 1.54) is 36.5 Å². The third kappa shape index (κ3) is 2.68. The van der Waals surface area contributed by atoms with Crippen LogP contribution in [0.2, 0.25) is 5.02 Å². The SMILES string of the molecule is CC(=O)c1sc(Nc2ccc(F)cc2Cl)nc1C. The van der Waals surface area contributed by atoms with Crippen LogP contribution in [0.4, 0.5) is 15.2 Å². The minimum atomic E-state index is -0.398. The summed E-state index contributed by atoms with van der Waals surface area (Å²) >= 11 is 7.15. The number of aromatic nitrogens is 1. The number of hydrogen-bond acceptors (Lipinski definition) is 4. The Balaban J connectivity index is 2.29. The number of aryl methyl sites for hydroxylation is 1. The number of benzene rings is 1. The Bertz CT molecular complexity index is 612. The smallest absolute Gasteiger partial charge is 0.188 e. The summed E-state index contributed by atoms with van der Waals surface area (Å²) in [5.74, 6) is -0.423. The van der Waals surface area contributed by atoms with E-state index in [1.807, 2.05) is 0 Å². The molecular formula is C12H10ClFN2OS. The number of thiazole rings is 1. The summed E-state index contributed by atoms with van der Waals surface area (Å²) in [5.41, 5.74) is 1.23. The second-order valence-corrected chi connectivity index (χ2v) is 5.15. The lowest BCUT2D eigenvalue weighted by atomic mass is 10.3. The van der Waals surface area contributed by atoms with Gasteiger partial charge in [-0.2, -0.15) is 0 Å². The average molecular weight is 285 g/mol. The monoisotopic (exact) mass is 284 g/mol. The van der Waals surface area contributed by atoms with E-state index < -0.39 is 5.82 Å². The van der Waals surface area contributed by atoms with Crippen molar-refractivity contribution in [1.29, 1.82) is 0 Å². The van der Waals surface area contributed by atoms with Gasteiger partial charge in [-0.05, 0) is 25.1 Å². The maximum atomic E-state index is 12.9. The highest BCUT2D eigenvalue weighted by Crippen LogP contribution is 2.30. The predicted octanol–water partition coefficient (Wildman–Crippen LogP) is 4.19. The highest BCUT2D eigenvalue weighted by atomic mass is 35.5. The van der Waals surface area contributed by atoms with Gasteiger partial charge >= 0.3 is 0 Å². The van der Waals surface area contributed by atoms with Gasteiger partial charge in [0.2, 0.25) is 0 Å². The van der Waals surface area contributed by atoms with E-state index in [0.29, 0.717) is 21.4 Å². The van der Waals surface area contributed by atoms with Crippen molar-refractivity contribution in [2.24, 2.45) is 0 Å². The van der Waals surface area contributed by atoms with Crippen LogP contribution in [0.5, 0.6) is 0 Å². The van der Waals surface area contributed by atoms with Crippen LogP contribution in [0.3, 0.4) is 0 Å². The Morgan fingerprint density at radius 3 is 2.78 bits per heavy atom. The number of nitrogens with zero attached hydrogens (tertiary/aromatic N) is 1. The van der Waals surface area contributed by atoms with E-state index in [-0.39, 0.29) is 10.8 Å². The third-order valence-corrected chi connectivity index (χ3v) is 3.78. The number of ketones is 1. The molecule has 2 aromatic rings. The first-order chi connectivity index (χ1) is 8.47. The minimum absolute atomic E-state index is 0.0248. The molecule has 1 heterocycles. The van der Waals surface area contributed by atoms with Crippen molar-refractivity contribution in [2.75, 3.05) is 5.32 Å². The van der Waals surface area contributed by atoms with E-state index in [0.717, 1.165) is 0 Å². The van der Waals surface area contributed by atoms with E-state index in [9.17, 15) is 9.18 Å². The van der Waals surface area contributed by atoms with E-state index in [2.05, 4.69) is 10.3 Å². The molecule has 0 radical (unpaired) electrons. The first-order valence-electron chi connectivity index (χ1n) is 5.18. The fourth-order valence-electron chi connectivity index (χ4n) is 1.48. The molecule has 0 aliphatic heterocycles. The molecular weight excluding hydrogens is 275 g/mol. The topological polar surface area (TPSA) is 42.0 Å². The average Bonchev–Trinajstić information content (AvgIpc) is 2.64. The molecule has 2 rings (SSSR count). The normalized spacial score (nSPS) is 10.4. The lowest BCUT2D eigenvalue weighted by Crippen LogP contribution is -1.91. The lowest BCUT2D eigenvalue weighted by Gasteiger charge is -2.04. The molecule has 0 aliphatic rings. The standard InChI is InChI=1S/C12H10ClFN2OS/c1-6-11(7(2)17)18-12(15-6)16-10-4-3-8(14)5-9(10)13/h3-5H,1-2H3,(H,15,16). The molecule has 1 aromatic carbocycles. The summed E-state index contributed by atoms with van der Waals surface area (Å²) < 4.78 is 12.9. The number of anilines is 2. The van der Waals surface area contributed by atoms with Crippen LogP contribution in [0.1, 0.15) is 22.3 Å². The molecule has 0 amide bonds. The van der Waals surface area contributed by atoms with Gasteiger partial charge in [-0.25, -0.2) is 9.37 Å². The summed E-state index contributed by atoms with van der Waals surface area (Å²) in [7, 11) is 0. The van der Waals surface area contributed by atoms with Gasteiger partial charge in [-0.3, -0.25) is 4.79 Å². The molecule has 0 saturated carbocycles. The van der Waals surface area contributed by atoms with Crippen molar-refractivity contribution in [2.45, 2.75) is 13.8 Å². The van der Waals surface area contributed by atoms with Crippen LogP contribution in [-0.2, 0) is 0 Å². The highest BCUT2D eigenvalue weighted by molar-refractivity contribution is 7.17. The molecule has 0 saturated heterocycles. The van der Waals surface area contributed by atoms with Crippen molar-refractivity contribution in [3.8, 4) is 0 Å². The van der Waals surface area contributed by atoms with Gasteiger partial charge in [0, 0.05) is 6.92 Å². The second kappa shape index (κ2) is 5.04. The number of carbonyl (C=O) groups excluding carboxylic acids is 1. The van der Waals surface area contributed by atoms with Crippen LogP contribution in [0, 0.1) is 12.7 Å². The van der Waals surface area contributed by atoms with Crippen LogP contribution in [0.15, 0.2) is 18.2 Å². The lowest BCUT2D eigenvalue weighted by molar-refractivity contribution is 0.102. The zero-order valence-corrected chi connectivity index (χ0v) is 11.3. The molecule has 0 spiro atoms. The largest absolute Gasteiger partial charge is 0.330 e. The van der Waals surface area contributed by atoms with Gasteiger partial charge in [0.15, 0.2) is 10.9 Å². The number of hydrogen-bond donors (Lipinski definition) is 1. The van der Waals surface area contributed by atoms with Crippen molar-refractivity contribution in [3.05, 3.63) is 39.6 Å². The molecule has 0 bridgehead atoms. The summed E-state index contributed by atoms with van der Waals surface area (Å²) in [6.45, 7) is 3.26. The summed E-state index contributed by atoms with van der Waals surface area (Å²) in [6.07, 6.45) is 0. The maximum absolute atomic E-state index is 12.9. The Labute approximate surface area is 113 Å². The third-order valence-electron chi connectivity index (χ3n) is 2.29. The molecule has 0 atom stereocenters. The molecule has 1 aromatic heterocycles. The van der Waals surface area contributed by atoms with Gasteiger partial charge in [-0.15, -0.1) is 0 Å². The van der Waals surface area contributed by atoms with E-state index in [4.69, 9.17) is 11.6 Å². The number of halogens is 2. The van der Waals surface area contributed by atoms with Crippen molar-refractivity contribution >= 4 is 39.5 Å². The first kappa shape index (κ1) is 13.0. The summed E-state index contributed by atoms with van der Waals surface area (Å²) in [5, 5.41) is 3.80. The quantitative estimate of drug-likeness (QED) is 0.859. The van der Waals surface area contributed by atoms with Crippen molar-refractivity contribution < 1.29 is 9.18 Å². The number of rotatable bonds is 3. The molecule has 6 heteroatoms. The van der Waals surface area contributed by atoms with Crippen LogP contribution >= 0.6 is 22.9 Å². The molecule has 3 nitrogen and oxygen atoms in total. The summed E-state index contributed by atoms with van der Waals surface area (Å²) in [6, 6.07) is 4.05. The Morgan fingerprint density at radius 1 is 1.50 bits per heavy atom. The Kier molecular flexibility index (Phi) is 3.63. The second-order valence-electron chi connectivity index (χ2n) is 3.74. The first-order valence-corrected chi connectivity index (χ1v) is 6.37. The zero-order chi connectivity index (χ0) is 13.3. The van der Waals surface area contributed by atoms with Crippen LogP contribution in [-0.4, -0.2) is 10.8 Å². The number of carbonyl (C=O) groups is 1. The van der Waals surface area contributed by atoms with Gasteiger partial charge in [-0.1, -0.05) is 22.9 Å². The minimum Gasteiger partial charge on any atom is -0.330 e.